The first kappa shape index (κ1) is 26.7. The zero-order chi connectivity index (χ0) is 27.4. The molecule has 39 heavy (non-hydrogen) atoms. The van der Waals surface area contributed by atoms with Crippen LogP contribution >= 0.6 is 11.6 Å². The summed E-state index contributed by atoms with van der Waals surface area (Å²) < 4.78 is 26.0. The van der Waals surface area contributed by atoms with Crippen LogP contribution < -0.4 is 14.8 Å². The molecule has 5 rings (SSSR count). The van der Waals surface area contributed by atoms with Gasteiger partial charge in [-0.15, -0.1) is 0 Å². The first-order chi connectivity index (χ1) is 19.0. The summed E-state index contributed by atoms with van der Waals surface area (Å²) in [5.74, 6) is 1.12. The van der Waals surface area contributed by atoms with Gasteiger partial charge in [0.2, 0.25) is 0 Å². The molecule has 2 N–H and O–H groups in total. The van der Waals surface area contributed by atoms with Gasteiger partial charge < -0.3 is 24.7 Å². The number of carbonyl (C=O) groups excluding carboxylic acids is 1. The van der Waals surface area contributed by atoms with E-state index < -0.39 is 5.82 Å². The molecule has 1 fully saturated rings. The molecule has 1 atom stereocenters. The van der Waals surface area contributed by atoms with Gasteiger partial charge in [0, 0.05) is 49.0 Å². The number of pyridine rings is 1. The lowest BCUT2D eigenvalue weighted by molar-refractivity contribution is 0.0676. The predicted molar refractivity (Wildman–Crippen MR) is 148 cm³/mol. The van der Waals surface area contributed by atoms with E-state index in [1.165, 1.54) is 0 Å². The molecule has 0 spiro atoms. The number of hydrogen-bond donors (Lipinski definition) is 2. The number of nitrogens with zero attached hydrogens (tertiary/aromatic N) is 4. The van der Waals surface area contributed by atoms with Crippen molar-refractivity contribution in [2.45, 2.75) is 26.7 Å². The summed E-state index contributed by atoms with van der Waals surface area (Å²) in [6.07, 6.45) is 6.19. The SMILES string of the molecule is CCOc1ccc(C(=O)N2CCC[C@H](CNc3nc(-c4c[nH]c5ncc(Cl)cc45)ncc3F)C2)c(OCC)c1. The van der Waals surface area contributed by atoms with E-state index in [4.69, 9.17) is 21.1 Å². The number of carbonyl (C=O) groups is 1. The summed E-state index contributed by atoms with van der Waals surface area (Å²) in [4.78, 5) is 31.2. The Morgan fingerprint density at radius 2 is 2.05 bits per heavy atom. The number of anilines is 1. The number of halogens is 2. The Morgan fingerprint density at radius 3 is 2.87 bits per heavy atom. The molecule has 11 heteroatoms. The molecule has 1 aromatic carbocycles. The second-order valence-electron chi connectivity index (χ2n) is 9.31. The molecule has 0 bridgehead atoms. The molecular weight excluding hydrogens is 523 g/mol. The fourth-order valence-corrected chi connectivity index (χ4v) is 4.98. The Labute approximate surface area is 230 Å². The van der Waals surface area contributed by atoms with E-state index in [1.54, 1.807) is 36.7 Å². The third-order valence-corrected chi connectivity index (χ3v) is 6.85. The maximum Gasteiger partial charge on any atom is 0.257 e. The number of hydrogen-bond acceptors (Lipinski definition) is 7. The molecule has 9 nitrogen and oxygen atoms in total. The lowest BCUT2D eigenvalue weighted by atomic mass is 9.97. The van der Waals surface area contributed by atoms with Gasteiger partial charge >= 0.3 is 0 Å². The molecule has 1 saturated heterocycles. The van der Waals surface area contributed by atoms with E-state index in [9.17, 15) is 9.18 Å². The van der Waals surface area contributed by atoms with E-state index in [1.807, 2.05) is 18.7 Å². The molecule has 1 amide bonds. The number of aromatic nitrogens is 4. The van der Waals surface area contributed by atoms with Crippen LogP contribution in [-0.4, -0.2) is 63.6 Å². The van der Waals surface area contributed by atoms with Crippen LogP contribution in [0, 0.1) is 11.7 Å². The number of benzene rings is 1. The van der Waals surface area contributed by atoms with Gasteiger partial charge in [-0.05, 0) is 50.8 Å². The average molecular weight is 553 g/mol. The quantitative estimate of drug-likeness (QED) is 0.279. The molecule has 0 unspecified atom stereocenters. The molecule has 0 saturated carbocycles. The number of H-pyrrole nitrogens is 1. The third-order valence-electron chi connectivity index (χ3n) is 6.64. The average Bonchev–Trinajstić information content (AvgIpc) is 3.36. The van der Waals surface area contributed by atoms with Crippen molar-refractivity contribution in [3.8, 4) is 22.9 Å². The zero-order valence-corrected chi connectivity index (χ0v) is 22.6. The molecule has 204 valence electrons. The Kier molecular flexibility index (Phi) is 8.11. The van der Waals surface area contributed by atoms with Crippen LogP contribution in [0.25, 0.3) is 22.4 Å². The molecule has 4 heterocycles. The first-order valence-corrected chi connectivity index (χ1v) is 13.4. The number of amides is 1. The molecule has 4 aromatic rings. The van der Waals surface area contributed by atoms with E-state index >= 15 is 0 Å². The van der Waals surface area contributed by atoms with Gasteiger partial charge in [-0.25, -0.2) is 19.3 Å². The highest BCUT2D eigenvalue weighted by Crippen LogP contribution is 2.30. The minimum absolute atomic E-state index is 0.0895. The largest absolute Gasteiger partial charge is 0.494 e. The lowest BCUT2D eigenvalue weighted by Gasteiger charge is -2.33. The van der Waals surface area contributed by atoms with Crippen LogP contribution in [-0.2, 0) is 0 Å². The van der Waals surface area contributed by atoms with Crippen molar-refractivity contribution >= 4 is 34.4 Å². The summed E-state index contributed by atoms with van der Waals surface area (Å²) in [5, 5.41) is 4.38. The lowest BCUT2D eigenvalue weighted by Crippen LogP contribution is -2.42. The summed E-state index contributed by atoms with van der Waals surface area (Å²) in [6, 6.07) is 7.07. The molecule has 3 aromatic heterocycles. The molecule has 0 aliphatic carbocycles. The topological polar surface area (TPSA) is 105 Å². The number of rotatable bonds is 9. The second kappa shape index (κ2) is 11.9. The van der Waals surface area contributed by atoms with Crippen molar-refractivity contribution in [1.82, 2.24) is 24.8 Å². The van der Waals surface area contributed by atoms with Crippen LogP contribution in [0.5, 0.6) is 11.5 Å². The van der Waals surface area contributed by atoms with Crippen molar-refractivity contribution in [2.24, 2.45) is 5.92 Å². The summed E-state index contributed by atoms with van der Waals surface area (Å²) in [6.45, 7) is 6.41. The highest BCUT2D eigenvalue weighted by Gasteiger charge is 2.27. The number of ether oxygens (including phenoxy) is 2. The summed E-state index contributed by atoms with van der Waals surface area (Å²) >= 11 is 6.11. The second-order valence-corrected chi connectivity index (χ2v) is 9.74. The smallest absolute Gasteiger partial charge is 0.257 e. The van der Waals surface area contributed by atoms with Crippen molar-refractivity contribution in [3.05, 3.63) is 59.3 Å². The summed E-state index contributed by atoms with van der Waals surface area (Å²) in [5.41, 5.74) is 1.83. The molecule has 0 radical (unpaired) electrons. The van der Waals surface area contributed by atoms with Crippen molar-refractivity contribution in [2.75, 3.05) is 38.2 Å². The maximum absolute atomic E-state index is 14.7. The predicted octanol–water partition coefficient (Wildman–Crippen LogP) is 5.57. The Bertz CT molecular complexity index is 1480. The van der Waals surface area contributed by atoms with Gasteiger partial charge in [0.15, 0.2) is 17.5 Å². The van der Waals surface area contributed by atoms with E-state index in [0.717, 1.165) is 24.4 Å². The van der Waals surface area contributed by atoms with Crippen molar-refractivity contribution < 1.29 is 18.7 Å². The number of fused-ring (bicyclic) bond motifs is 1. The van der Waals surface area contributed by atoms with Crippen LogP contribution in [0.4, 0.5) is 10.2 Å². The molecular formula is C28H30ClFN6O3. The highest BCUT2D eigenvalue weighted by atomic mass is 35.5. The van der Waals surface area contributed by atoms with Crippen molar-refractivity contribution in [1.29, 1.82) is 0 Å². The van der Waals surface area contributed by atoms with E-state index in [-0.39, 0.29) is 17.6 Å². The van der Waals surface area contributed by atoms with Crippen LogP contribution in [0.2, 0.25) is 5.02 Å². The number of piperidine rings is 1. The van der Waals surface area contributed by atoms with Crippen LogP contribution in [0.15, 0.2) is 42.9 Å². The van der Waals surface area contributed by atoms with Crippen molar-refractivity contribution in [3.63, 3.8) is 0 Å². The first-order valence-electron chi connectivity index (χ1n) is 13.0. The Morgan fingerprint density at radius 1 is 1.21 bits per heavy atom. The Balaban J connectivity index is 1.28. The van der Waals surface area contributed by atoms with E-state index in [0.29, 0.717) is 72.0 Å². The molecule has 1 aliphatic heterocycles. The van der Waals surface area contributed by atoms with Gasteiger partial charge in [-0.2, -0.15) is 0 Å². The molecule has 1 aliphatic rings. The minimum atomic E-state index is -0.547. The third kappa shape index (κ3) is 5.90. The highest BCUT2D eigenvalue weighted by molar-refractivity contribution is 6.31. The van der Waals surface area contributed by atoms with Crippen LogP contribution in [0.3, 0.4) is 0 Å². The van der Waals surface area contributed by atoms with Gasteiger partial charge in [0.1, 0.15) is 17.1 Å². The van der Waals surface area contributed by atoms with Gasteiger partial charge in [-0.1, -0.05) is 11.6 Å². The van der Waals surface area contributed by atoms with Gasteiger partial charge in [0.05, 0.1) is 30.0 Å². The van der Waals surface area contributed by atoms with Crippen LogP contribution in [0.1, 0.15) is 37.0 Å². The maximum atomic E-state index is 14.7. The number of nitrogens with one attached hydrogen (secondary N) is 2. The monoisotopic (exact) mass is 552 g/mol. The van der Waals surface area contributed by atoms with E-state index in [2.05, 4.69) is 25.3 Å². The standard InChI is InChI=1S/C28H30ClFN6O3/c1-3-38-19-7-8-20(24(11-19)39-4-2)28(37)36-9-5-6-17(16-36)12-31-27-23(30)15-34-26(35-27)22-14-33-25-21(22)10-18(29)13-32-25/h7-8,10-11,13-15,17H,3-6,9,12,16H2,1-2H3,(H,32,33)(H,31,34,35)/t17-/m1/s1. The zero-order valence-electron chi connectivity index (χ0n) is 21.8. The number of likely N-dealkylation sites (tertiary alicyclic amines) is 1. The van der Waals surface area contributed by atoms with Gasteiger partial charge in [0.25, 0.3) is 5.91 Å². The number of aromatic amines is 1. The summed E-state index contributed by atoms with van der Waals surface area (Å²) in [7, 11) is 0. The fourth-order valence-electron chi connectivity index (χ4n) is 4.82. The fraction of sp³-hybridized carbons (Fsp3) is 0.357. The normalized spacial score (nSPS) is 15.4. The Hall–Kier alpha value is -3.92. The minimum Gasteiger partial charge on any atom is -0.494 e. The van der Waals surface area contributed by atoms with Gasteiger partial charge in [-0.3, -0.25) is 4.79 Å².